The Morgan fingerprint density at radius 2 is 1.70 bits per heavy atom. The molecule has 0 aromatic heterocycles. The highest BCUT2D eigenvalue weighted by atomic mass is 32.1. The fourth-order valence-corrected chi connectivity index (χ4v) is 2.25. The van der Waals surface area contributed by atoms with Gasteiger partial charge in [-0.1, -0.05) is 63.3 Å². The molecule has 0 atom stereocenters. The molecule has 0 aliphatic heterocycles. The van der Waals surface area contributed by atoms with Crippen molar-refractivity contribution in [2.75, 3.05) is 0 Å². The van der Waals surface area contributed by atoms with Gasteiger partial charge in [0.1, 0.15) is 0 Å². The molecule has 0 radical (unpaired) electrons. The zero-order valence-electron chi connectivity index (χ0n) is 12.2. The largest absolute Gasteiger partial charge is 0.289 e. The van der Waals surface area contributed by atoms with Crippen molar-refractivity contribution in [2.24, 2.45) is 0 Å². The number of hydrogen-bond donors (Lipinski definition) is 1. The van der Waals surface area contributed by atoms with Crippen LogP contribution < -0.4 is 0 Å². The maximum Gasteiger partial charge on any atom is 0.192 e. The van der Waals surface area contributed by atoms with E-state index in [4.69, 9.17) is 0 Å². The minimum absolute atomic E-state index is 0.0677. The first-order chi connectivity index (χ1) is 9.38. The zero-order valence-corrected chi connectivity index (χ0v) is 13.1. The first kappa shape index (κ1) is 14.9. The van der Waals surface area contributed by atoms with Crippen LogP contribution in [0.4, 0.5) is 0 Å². The zero-order chi connectivity index (χ0) is 14.8. The molecule has 104 valence electrons. The summed E-state index contributed by atoms with van der Waals surface area (Å²) in [6.45, 7) is 6.50. The van der Waals surface area contributed by atoms with Crippen molar-refractivity contribution in [2.45, 2.75) is 32.6 Å². The van der Waals surface area contributed by atoms with E-state index >= 15 is 0 Å². The smallest absolute Gasteiger partial charge is 0.192 e. The van der Waals surface area contributed by atoms with E-state index in [9.17, 15) is 4.79 Å². The number of carbonyl (C=O) groups is 1. The quantitative estimate of drug-likeness (QED) is 0.606. The summed E-state index contributed by atoms with van der Waals surface area (Å²) in [6.07, 6.45) is 8.38. The second-order valence-corrected chi connectivity index (χ2v) is 6.53. The Kier molecular flexibility index (Phi) is 4.34. The molecule has 1 aliphatic rings. The Morgan fingerprint density at radius 1 is 1.05 bits per heavy atom. The van der Waals surface area contributed by atoms with Crippen molar-refractivity contribution in [3.63, 3.8) is 0 Å². The summed E-state index contributed by atoms with van der Waals surface area (Å²) in [4.78, 5) is 13.3. The summed E-state index contributed by atoms with van der Waals surface area (Å²) in [5.74, 6) is 0.0677. The standard InChI is InChI=1S/C18H20OS/c1-18(2,3)15-10-7-14(8-11-15)17(19)13-5-4-6-16(20)12-9-13/h5-12,20H,4H2,1-3H3. The van der Waals surface area contributed by atoms with Crippen LogP contribution in [0.3, 0.4) is 0 Å². The molecule has 0 saturated heterocycles. The summed E-state index contributed by atoms with van der Waals surface area (Å²) in [6, 6.07) is 7.90. The topological polar surface area (TPSA) is 17.1 Å². The summed E-state index contributed by atoms with van der Waals surface area (Å²) in [7, 11) is 0. The number of hydrogen-bond acceptors (Lipinski definition) is 2. The minimum Gasteiger partial charge on any atom is -0.289 e. The second kappa shape index (κ2) is 5.84. The van der Waals surface area contributed by atoms with Gasteiger partial charge in [0, 0.05) is 16.0 Å². The lowest BCUT2D eigenvalue weighted by Gasteiger charge is -2.19. The molecule has 1 aromatic rings. The molecule has 2 rings (SSSR count). The van der Waals surface area contributed by atoms with Gasteiger partial charge in [0.05, 0.1) is 0 Å². The third kappa shape index (κ3) is 3.51. The molecule has 0 unspecified atom stereocenters. The predicted molar refractivity (Wildman–Crippen MR) is 88.4 cm³/mol. The van der Waals surface area contributed by atoms with E-state index in [1.165, 1.54) is 5.56 Å². The van der Waals surface area contributed by atoms with Gasteiger partial charge in [-0.05, 0) is 23.5 Å². The normalized spacial score (nSPS) is 15.4. The average Bonchev–Trinajstić information content (AvgIpc) is 2.62. The van der Waals surface area contributed by atoms with Gasteiger partial charge < -0.3 is 0 Å². The van der Waals surface area contributed by atoms with E-state index in [0.717, 1.165) is 22.5 Å². The van der Waals surface area contributed by atoms with Crippen LogP contribution in [0.25, 0.3) is 0 Å². The highest BCUT2D eigenvalue weighted by molar-refractivity contribution is 7.84. The van der Waals surface area contributed by atoms with Gasteiger partial charge in [0.2, 0.25) is 0 Å². The van der Waals surface area contributed by atoms with Crippen molar-refractivity contribution in [1.82, 2.24) is 0 Å². The molecule has 0 spiro atoms. The molecule has 1 aliphatic carbocycles. The third-order valence-electron chi connectivity index (χ3n) is 3.37. The maximum absolute atomic E-state index is 12.5. The van der Waals surface area contributed by atoms with E-state index < -0.39 is 0 Å². The lowest BCUT2D eigenvalue weighted by Crippen LogP contribution is -2.11. The van der Waals surface area contributed by atoms with Gasteiger partial charge in [0.15, 0.2) is 5.78 Å². The van der Waals surface area contributed by atoms with E-state index in [-0.39, 0.29) is 11.2 Å². The molecule has 1 aromatic carbocycles. The lowest BCUT2D eigenvalue weighted by atomic mass is 9.86. The fraction of sp³-hybridized carbons (Fsp3) is 0.278. The van der Waals surface area contributed by atoms with Crippen molar-refractivity contribution in [3.05, 3.63) is 70.2 Å². The van der Waals surface area contributed by atoms with Gasteiger partial charge in [-0.15, -0.1) is 12.6 Å². The average molecular weight is 284 g/mol. The van der Waals surface area contributed by atoms with E-state index in [0.29, 0.717) is 0 Å². The van der Waals surface area contributed by atoms with Crippen LogP contribution in [0, 0.1) is 0 Å². The second-order valence-electron chi connectivity index (χ2n) is 6.01. The number of carbonyl (C=O) groups excluding carboxylic acids is 1. The Morgan fingerprint density at radius 3 is 2.30 bits per heavy atom. The van der Waals surface area contributed by atoms with Gasteiger partial charge in [0.25, 0.3) is 0 Å². The van der Waals surface area contributed by atoms with Crippen molar-refractivity contribution in [1.29, 1.82) is 0 Å². The van der Waals surface area contributed by atoms with Crippen molar-refractivity contribution >= 4 is 18.4 Å². The van der Waals surface area contributed by atoms with Gasteiger partial charge in [-0.3, -0.25) is 4.79 Å². The van der Waals surface area contributed by atoms with Crippen molar-refractivity contribution < 1.29 is 4.79 Å². The predicted octanol–water partition coefficient (Wildman–Crippen LogP) is 4.87. The van der Waals surface area contributed by atoms with Gasteiger partial charge >= 0.3 is 0 Å². The molecule has 1 nitrogen and oxygen atoms in total. The van der Waals surface area contributed by atoms with E-state index in [2.05, 4.69) is 33.4 Å². The monoisotopic (exact) mass is 284 g/mol. The summed E-state index contributed by atoms with van der Waals surface area (Å²) < 4.78 is 0. The number of rotatable bonds is 2. The molecule has 0 saturated carbocycles. The Balaban J connectivity index is 2.22. The molecule has 0 heterocycles. The molecule has 20 heavy (non-hydrogen) atoms. The van der Waals surface area contributed by atoms with E-state index in [1.54, 1.807) is 0 Å². The maximum atomic E-state index is 12.5. The van der Waals surface area contributed by atoms with Crippen LogP contribution in [-0.4, -0.2) is 5.78 Å². The van der Waals surface area contributed by atoms with Crippen LogP contribution in [0.5, 0.6) is 0 Å². The molecule has 0 fully saturated rings. The molecular weight excluding hydrogens is 264 g/mol. The molecule has 2 heteroatoms. The highest BCUT2D eigenvalue weighted by Crippen LogP contribution is 2.23. The van der Waals surface area contributed by atoms with Crippen LogP contribution in [-0.2, 0) is 5.41 Å². The first-order valence-corrected chi connectivity index (χ1v) is 7.25. The van der Waals surface area contributed by atoms with Crippen molar-refractivity contribution in [3.8, 4) is 0 Å². The molecule has 0 N–H and O–H groups in total. The van der Waals surface area contributed by atoms with Crippen LogP contribution in [0.2, 0.25) is 0 Å². The number of thiol groups is 1. The van der Waals surface area contributed by atoms with Crippen LogP contribution >= 0.6 is 12.6 Å². The third-order valence-corrected chi connectivity index (χ3v) is 3.71. The lowest BCUT2D eigenvalue weighted by molar-refractivity contribution is 0.103. The summed E-state index contributed by atoms with van der Waals surface area (Å²) in [5, 5.41) is 0. The number of Topliss-reactive ketones (excluding diaryl/α,β-unsaturated/α-hetero) is 1. The molecule has 0 bridgehead atoms. The van der Waals surface area contributed by atoms with Gasteiger partial charge in [-0.25, -0.2) is 0 Å². The Bertz CT molecular complexity index is 595. The molecular formula is C18H20OS. The Labute approximate surface area is 126 Å². The fourth-order valence-electron chi connectivity index (χ4n) is 2.07. The van der Waals surface area contributed by atoms with Gasteiger partial charge in [-0.2, -0.15) is 0 Å². The SMILES string of the molecule is CC(C)(C)c1ccc(C(=O)C2=CCC=C(S)C=C2)cc1. The van der Waals surface area contributed by atoms with E-state index in [1.807, 2.05) is 48.6 Å². The number of benzene rings is 1. The highest BCUT2D eigenvalue weighted by Gasteiger charge is 2.15. The summed E-state index contributed by atoms with van der Waals surface area (Å²) in [5.41, 5.74) is 2.80. The number of allylic oxidation sites excluding steroid dienone is 5. The minimum atomic E-state index is 0.0677. The summed E-state index contributed by atoms with van der Waals surface area (Å²) >= 11 is 4.30. The Hall–Kier alpha value is -1.54. The number of ketones is 1. The molecule has 0 amide bonds. The van der Waals surface area contributed by atoms with Crippen LogP contribution in [0.1, 0.15) is 43.1 Å². The first-order valence-electron chi connectivity index (χ1n) is 6.80. The van der Waals surface area contributed by atoms with Crippen LogP contribution in [0.15, 0.2) is 59.0 Å².